The van der Waals surface area contributed by atoms with Crippen LogP contribution in [0.2, 0.25) is 0 Å². The maximum absolute atomic E-state index is 11.7. The number of hydrogen-bond donors (Lipinski definition) is 3. The summed E-state index contributed by atoms with van der Waals surface area (Å²) in [6.07, 6.45) is 8.06. The first-order valence-corrected chi connectivity index (χ1v) is 11.1. The predicted molar refractivity (Wildman–Crippen MR) is 108 cm³/mol. The van der Waals surface area contributed by atoms with Crippen molar-refractivity contribution >= 4 is 16.0 Å². The van der Waals surface area contributed by atoms with Gasteiger partial charge in [0.25, 0.3) is 0 Å². The van der Waals surface area contributed by atoms with Gasteiger partial charge in [-0.2, -0.15) is 0 Å². The minimum Gasteiger partial charge on any atom is -0.356 e. The second-order valence-electron chi connectivity index (χ2n) is 6.93. The largest absolute Gasteiger partial charge is 0.356 e. The molecule has 0 aliphatic heterocycles. The van der Waals surface area contributed by atoms with Crippen LogP contribution in [0.25, 0.3) is 0 Å². The molecule has 1 aliphatic rings. The summed E-state index contributed by atoms with van der Waals surface area (Å²) < 4.78 is 25.7. The lowest BCUT2D eigenvalue weighted by Crippen LogP contribution is -2.37. The van der Waals surface area contributed by atoms with Gasteiger partial charge in [0.05, 0.1) is 5.75 Å². The van der Waals surface area contributed by atoms with E-state index in [0.717, 1.165) is 29.5 Å². The van der Waals surface area contributed by atoms with E-state index in [1.807, 2.05) is 24.3 Å². The van der Waals surface area contributed by atoms with Gasteiger partial charge in [0.1, 0.15) is 0 Å². The first-order chi connectivity index (χ1) is 12.5. The highest BCUT2D eigenvalue weighted by Crippen LogP contribution is 2.28. The van der Waals surface area contributed by atoms with Crippen molar-refractivity contribution in [2.24, 2.45) is 10.9 Å². The summed E-state index contributed by atoms with van der Waals surface area (Å²) in [7, 11) is -0.0541. The molecular weight excluding hydrogens is 348 g/mol. The lowest BCUT2D eigenvalue weighted by atomic mass is 10.0. The number of rotatable bonds is 9. The molecule has 1 saturated carbocycles. The number of hydrogen-bond acceptors (Lipinski definition) is 3. The fourth-order valence-corrected chi connectivity index (χ4v) is 4.19. The Bertz CT molecular complexity index is 683. The molecule has 0 radical (unpaired) electrons. The van der Waals surface area contributed by atoms with E-state index in [9.17, 15) is 8.42 Å². The summed E-state index contributed by atoms with van der Waals surface area (Å²) in [4.78, 5) is 4.26. The molecule has 1 fully saturated rings. The second-order valence-corrected chi connectivity index (χ2v) is 8.85. The quantitative estimate of drug-likeness (QED) is 0.349. The van der Waals surface area contributed by atoms with Gasteiger partial charge in [-0.1, -0.05) is 49.9 Å². The molecule has 0 bridgehead atoms. The summed E-state index contributed by atoms with van der Waals surface area (Å²) in [5.74, 6) is 1.69. The minimum absolute atomic E-state index is 0.00845. The second kappa shape index (κ2) is 10.5. The fourth-order valence-electron chi connectivity index (χ4n) is 3.42. The minimum atomic E-state index is -3.25. The van der Waals surface area contributed by atoms with Crippen molar-refractivity contribution < 1.29 is 8.42 Å². The Hall–Kier alpha value is -1.60. The molecule has 0 unspecified atom stereocenters. The van der Waals surface area contributed by atoms with Crippen LogP contribution in [0.5, 0.6) is 0 Å². The highest BCUT2D eigenvalue weighted by atomic mass is 32.2. The van der Waals surface area contributed by atoms with E-state index in [0.29, 0.717) is 6.54 Å². The molecule has 6 nitrogen and oxygen atoms in total. The topological polar surface area (TPSA) is 82.6 Å². The van der Waals surface area contributed by atoms with Gasteiger partial charge >= 0.3 is 0 Å². The SMILES string of the molecule is CN=C(NCCCC1CCCC1)NCc1cccc(CS(=O)(=O)NC)c1. The third-order valence-corrected chi connectivity index (χ3v) is 6.23. The highest BCUT2D eigenvalue weighted by Gasteiger charge is 2.14. The van der Waals surface area contributed by atoms with Gasteiger partial charge < -0.3 is 10.6 Å². The van der Waals surface area contributed by atoms with Crippen LogP contribution in [-0.4, -0.2) is 35.0 Å². The molecule has 0 aromatic heterocycles. The lowest BCUT2D eigenvalue weighted by molar-refractivity contribution is 0.481. The zero-order chi connectivity index (χ0) is 18.8. The molecule has 1 aliphatic carbocycles. The van der Waals surface area contributed by atoms with Crippen molar-refractivity contribution in [1.82, 2.24) is 15.4 Å². The molecule has 2 rings (SSSR count). The van der Waals surface area contributed by atoms with Gasteiger partial charge in [-0.25, -0.2) is 13.1 Å². The van der Waals surface area contributed by atoms with Crippen LogP contribution in [-0.2, 0) is 22.3 Å². The number of benzene rings is 1. The number of guanidine groups is 1. The monoisotopic (exact) mass is 380 g/mol. The molecule has 0 spiro atoms. The Balaban J connectivity index is 1.75. The zero-order valence-corrected chi connectivity index (χ0v) is 16.7. The van der Waals surface area contributed by atoms with E-state index in [1.54, 1.807) is 7.05 Å². The van der Waals surface area contributed by atoms with E-state index in [2.05, 4.69) is 20.3 Å². The molecular formula is C19H32N4O2S. The van der Waals surface area contributed by atoms with Crippen LogP contribution in [0, 0.1) is 5.92 Å². The van der Waals surface area contributed by atoms with Crippen LogP contribution in [0.1, 0.15) is 49.7 Å². The Morgan fingerprint density at radius 3 is 2.62 bits per heavy atom. The Morgan fingerprint density at radius 1 is 1.19 bits per heavy atom. The molecule has 0 amide bonds. The first kappa shape index (κ1) is 20.7. The number of aliphatic imine (C=N–C) groups is 1. The summed E-state index contributed by atoms with van der Waals surface area (Å²) in [6, 6.07) is 7.61. The average molecular weight is 381 g/mol. The van der Waals surface area contributed by atoms with Crippen LogP contribution in [0.15, 0.2) is 29.3 Å². The highest BCUT2D eigenvalue weighted by molar-refractivity contribution is 7.88. The van der Waals surface area contributed by atoms with Gasteiger partial charge in [0.2, 0.25) is 10.0 Å². The molecule has 0 saturated heterocycles. The maximum Gasteiger partial charge on any atom is 0.215 e. The van der Waals surface area contributed by atoms with Gasteiger partial charge in [-0.15, -0.1) is 0 Å². The van der Waals surface area contributed by atoms with E-state index >= 15 is 0 Å². The third kappa shape index (κ3) is 7.33. The van der Waals surface area contributed by atoms with E-state index in [1.165, 1.54) is 45.6 Å². The first-order valence-electron chi connectivity index (χ1n) is 9.46. The van der Waals surface area contributed by atoms with Crippen molar-refractivity contribution in [2.45, 2.75) is 50.8 Å². The van der Waals surface area contributed by atoms with Crippen molar-refractivity contribution in [1.29, 1.82) is 0 Å². The summed E-state index contributed by atoms with van der Waals surface area (Å²) >= 11 is 0. The molecule has 0 heterocycles. The molecule has 3 N–H and O–H groups in total. The summed E-state index contributed by atoms with van der Waals surface area (Å²) in [6.45, 7) is 1.53. The fraction of sp³-hybridized carbons (Fsp3) is 0.632. The molecule has 26 heavy (non-hydrogen) atoms. The Kier molecular flexibility index (Phi) is 8.38. The van der Waals surface area contributed by atoms with Crippen LogP contribution < -0.4 is 15.4 Å². The molecule has 1 aromatic carbocycles. The van der Waals surface area contributed by atoms with Gasteiger partial charge in [-0.3, -0.25) is 4.99 Å². The third-order valence-electron chi connectivity index (χ3n) is 4.90. The number of sulfonamides is 1. The van der Waals surface area contributed by atoms with E-state index < -0.39 is 10.0 Å². The van der Waals surface area contributed by atoms with Gasteiger partial charge in [0.15, 0.2) is 5.96 Å². The number of nitrogens with zero attached hydrogens (tertiary/aromatic N) is 1. The number of nitrogens with one attached hydrogen (secondary N) is 3. The van der Waals surface area contributed by atoms with Gasteiger partial charge in [0, 0.05) is 20.1 Å². The predicted octanol–water partition coefficient (Wildman–Crippen LogP) is 2.37. The maximum atomic E-state index is 11.7. The van der Waals surface area contributed by atoms with Crippen LogP contribution in [0.3, 0.4) is 0 Å². The van der Waals surface area contributed by atoms with Crippen molar-refractivity contribution in [3.8, 4) is 0 Å². The van der Waals surface area contributed by atoms with Crippen molar-refractivity contribution in [2.75, 3.05) is 20.6 Å². The summed E-state index contributed by atoms with van der Waals surface area (Å²) in [5, 5.41) is 6.65. The smallest absolute Gasteiger partial charge is 0.215 e. The van der Waals surface area contributed by atoms with Crippen molar-refractivity contribution in [3.05, 3.63) is 35.4 Å². The Morgan fingerprint density at radius 2 is 1.92 bits per heavy atom. The molecule has 146 valence electrons. The van der Waals surface area contributed by atoms with Crippen LogP contribution in [0.4, 0.5) is 0 Å². The van der Waals surface area contributed by atoms with Gasteiger partial charge in [-0.05, 0) is 36.9 Å². The summed E-state index contributed by atoms with van der Waals surface area (Å²) in [5.41, 5.74) is 1.81. The average Bonchev–Trinajstić information content (AvgIpc) is 3.14. The molecule has 0 atom stereocenters. The lowest BCUT2D eigenvalue weighted by Gasteiger charge is -2.14. The zero-order valence-electron chi connectivity index (χ0n) is 15.9. The van der Waals surface area contributed by atoms with Crippen molar-refractivity contribution in [3.63, 3.8) is 0 Å². The van der Waals surface area contributed by atoms with E-state index in [-0.39, 0.29) is 5.75 Å². The molecule has 1 aromatic rings. The standard InChI is InChI=1S/C19H32N4O2S/c1-20-19(22-12-6-11-16-7-3-4-8-16)23-14-17-9-5-10-18(13-17)15-26(24,25)21-2/h5,9-10,13,16,21H,3-4,6-8,11-12,14-15H2,1-2H3,(H2,20,22,23). The normalized spacial score (nSPS) is 16.0. The molecule has 7 heteroatoms. The van der Waals surface area contributed by atoms with Crippen LogP contribution >= 0.6 is 0 Å². The Labute approximate surface area is 157 Å². The van der Waals surface area contributed by atoms with E-state index in [4.69, 9.17) is 0 Å².